The first-order valence-electron chi connectivity index (χ1n) is 6.91. The van der Waals surface area contributed by atoms with Crippen molar-refractivity contribution in [3.8, 4) is 11.5 Å². The highest BCUT2D eigenvalue weighted by molar-refractivity contribution is 5.77. The molecular formula is C18H20O3. The first-order chi connectivity index (χ1) is 10.1. The molecule has 0 atom stereocenters. The van der Waals surface area contributed by atoms with Crippen LogP contribution >= 0.6 is 0 Å². The van der Waals surface area contributed by atoms with E-state index in [-0.39, 0.29) is 11.7 Å². The van der Waals surface area contributed by atoms with E-state index >= 15 is 0 Å². The van der Waals surface area contributed by atoms with Crippen molar-refractivity contribution in [2.24, 2.45) is 0 Å². The van der Waals surface area contributed by atoms with E-state index in [2.05, 4.69) is 0 Å². The van der Waals surface area contributed by atoms with E-state index in [1.54, 1.807) is 21.1 Å². The van der Waals surface area contributed by atoms with E-state index in [1.807, 2.05) is 48.5 Å². The quantitative estimate of drug-likeness (QED) is 0.809. The summed E-state index contributed by atoms with van der Waals surface area (Å²) in [5.41, 5.74) is 2.22. The molecule has 2 rings (SSSR count). The van der Waals surface area contributed by atoms with E-state index in [0.717, 1.165) is 22.6 Å². The highest BCUT2D eigenvalue weighted by Crippen LogP contribution is 2.30. The van der Waals surface area contributed by atoms with E-state index < -0.39 is 0 Å². The molecule has 3 nitrogen and oxygen atoms in total. The molecule has 0 N–H and O–H groups in total. The Balaban J connectivity index is 2.33. The van der Waals surface area contributed by atoms with E-state index in [4.69, 9.17) is 9.47 Å². The van der Waals surface area contributed by atoms with E-state index in [0.29, 0.717) is 6.42 Å². The van der Waals surface area contributed by atoms with Gasteiger partial charge in [0.25, 0.3) is 0 Å². The van der Waals surface area contributed by atoms with Crippen molar-refractivity contribution in [2.75, 3.05) is 14.2 Å². The third kappa shape index (κ3) is 3.85. The Bertz CT molecular complexity index is 537. The fraction of sp³-hybridized carbons (Fsp3) is 0.278. The second-order valence-corrected chi connectivity index (χ2v) is 5.01. The predicted molar refractivity (Wildman–Crippen MR) is 83.1 cm³/mol. The lowest BCUT2D eigenvalue weighted by Gasteiger charge is -2.17. The lowest BCUT2D eigenvalue weighted by molar-refractivity contribution is -0.117. The van der Waals surface area contributed by atoms with Gasteiger partial charge in [0.15, 0.2) is 0 Å². The molecule has 0 aliphatic carbocycles. The van der Waals surface area contributed by atoms with Gasteiger partial charge in [0.1, 0.15) is 17.3 Å². The van der Waals surface area contributed by atoms with Crippen LogP contribution in [0, 0.1) is 0 Å². The Morgan fingerprint density at radius 1 is 0.857 bits per heavy atom. The first-order valence-corrected chi connectivity index (χ1v) is 6.91. The van der Waals surface area contributed by atoms with Gasteiger partial charge in [-0.3, -0.25) is 4.79 Å². The second-order valence-electron chi connectivity index (χ2n) is 5.01. The van der Waals surface area contributed by atoms with Gasteiger partial charge < -0.3 is 9.47 Å². The molecule has 0 spiro atoms. The van der Waals surface area contributed by atoms with Crippen LogP contribution in [0.5, 0.6) is 11.5 Å². The van der Waals surface area contributed by atoms with E-state index in [9.17, 15) is 4.79 Å². The highest BCUT2D eigenvalue weighted by atomic mass is 16.5. The number of rotatable bonds is 6. The zero-order chi connectivity index (χ0) is 15.2. The number of hydrogen-bond acceptors (Lipinski definition) is 3. The van der Waals surface area contributed by atoms with Crippen LogP contribution in [0.2, 0.25) is 0 Å². The molecule has 0 aliphatic rings. The number of benzene rings is 2. The topological polar surface area (TPSA) is 35.5 Å². The van der Waals surface area contributed by atoms with Crippen molar-refractivity contribution in [1.29, 1.82) is 0 Å². The smallest absolute Gasteiger partial charge is 0.130 e. The molecule has 0 fully saturated rings. The normalized spacial score (nSPS) is 10.5. The molecule has 0 aliphatic heterocycles. The molecule has 0 aromatic heterocycles. The third-order valence-electron chi connectivity index (χ3n) is 3.53. The number of carbonyl (C=O) groups excluding carboxylic acids is 1. The van der Waals surface area contributed by atoms with Crippen LogP contribution in [-0.2, 0) is 4.79 Å². The number of Topliss-reactive ketones (excluding diaryl/α,β-unsaturated/α-hetero) is 1. The fourth-order valence-corrected chi connectivity index (χ4v) is 2.39. The molecule has 110 valence electrons. The fourth-order valence-electron chi connectivity index (χ4n) is 2.39. The Labute approximate surface area is 125 Å². The molecule has 0 heterocycles. The Hall–Kier alpha value is -2.29. The molecular weight excluding hydrogens is 264 g/mol. The molecule has 21 heavy (non-hydrogen) atoms. The highest BCUT2D eigenvalue weighted by Gasteiger charge is 2.16. The maximum Gasteiger partial charge on any atom is 0.130 e. The molecule has 0 saturated heterocycles. The maximum absolute atomic E-state index is 11.6. The van der Waals surface area contributed by atoms with Crippen LogP contribution in [0.15, 0.2) is 48.5 Å². The zero-order valence-corrected chi connectivity index (χ0v) is 12.6. The van der Waals surface area contributed by atoms with Gasteiger partial charge in [0.2, 0.25) is 0 Å². The lowest BCUT2D eigenvalue weighted by atomic mass is 9.87. The summed E-state index contributed by atoms with van der Waals surface area (Å²) >= 11 is 0. The Morgan fingerprint density at radius 2 is 1.24 bits per heavy atom. The number of ether oxygens (including phenoxy) is 2. The van der Waals surface area contributed by atoms with Gasteiger partial charge in [-0.15, -0.1) is 0 Å². The summed E-state index contributed by atoms with van der Waals surface area (Å²) in [5, 5.41) is 0. The van der Waals surface area contributed by atoms with Gasteiger partial charge in [0, 0.05) is 12.3 Å². The van der Waals surface area contributed by atoms with Crippen LogP contribution in [0.1, 0.15) is 30.4 Å². The molecule has 3 heteroatoms. The summed E-state index contributed by atoms with van der Waals surface area (Å²) in [6.45, 7) is 1.63. The first kappa shape index (κ1) is 15.1. The summed E-state index contributed by atoms with van der Waals surface area (Å²) in [4.78, 5) is 11.6. The Morgan fingerprint density at radius 3 is 1.52 bits per heavy atom. The van der Waals surface area contributed by atoms with Gasteiger partial charge in [-0.2, -0.15) is 0 Å². The molecule has 0 radical (unpaired) electrons. The van der Waals surface area contributed by atoms with Crippen molar-refractivity contribution in [1.82, 2.24) is 0 Å². The molecule has 0 unspecified atom stereocenters. The van der Waals surface area contributed by atoms with Gasteiger partial charge in [0.05, 0.1) is 14.2 Å². The standard InChI is InChI=1S/C18H20O3/c1-13(19)12-18(14-4-8-16(20-2)9-5-14)15-6-10-17(21-3)11-7-15/h4-11,18H,12H2,1-3H3. The summed E-state index contributed by atoms with van der Waals surface area (Å²) in [7, 11) is 3.29. The number of ketones is 1. The zero-order valence-electron chi connectivity index (χ0n) is 12.6. The third-order valence-corrected chi connectivity index (χ3v) is 3.53. The summed E-state index contributed by atoms with van der Waals surface area (Å²) in [6, 6.07) is 15.7. The minimum Gasteiger partial charge on any atom is -0.497 e. The predicted octanol–water partition coefficient (Wildman–Crippen LogP) is 3.81. The van der Waals surface area contributed by atoms with Gasteiger partial charge in [-0.25, -0.2) is 0 Å². The lowest BCUT2D eigenvalue weighted by Crippen LogP contribution is -2.06. The van der Waals surface area contributed by atoms with Crippen molar-refractivity contribution >= 4 is 5.78 Å². The monoisotopic (exact) mass is 284 g/mol. The molecule has 0 amide bonds. The Kier molecular flexibility index (Phi) is 4.99. The minimum absolute atomic E-state index is 0.0549. The van der Waals surface area contributed by atoms with Crippen LogP contribution < -0.4 is 9.47 Å². The van der Waals surface area contributed by atoms with Crippen molar-refractivity contribution in [3.05, 3.63) is 59.7 Å². The average molecular weight is 284 g/mol. The maximum atomic E-state index is 11.6. The van der Waals surface area contributed by atoms with Gasteiger partial charge in [-0.05, 0) is 42.3 Å². The summed E-state index contributed by atoms with van der Waals surface area (Å²) in [6.07, 6.45) is 0.485. The molecule has 2 aromatic rings. The number of hydrogen-bond donors (Lipinski definition) is 0. The van der Waals surface area contributed by atoms with Gasteiger partial charge >= 0.3 is 0 Å². The summed E-state index contributed by atoms with van der Waals surface area (Å²) in [5.74, 6) is 1.86. The van der Waals surface area contributed by atoms with Crippen LogP contribution in [-0.4, -0.2) is 20.0 Å². The van der Waals surface area contributed by atoms with Crippen molar-refractivity contribution < 1.29 is 14.3 Å². The largest absolute Gasteiger partial charge is 0.497 e. The average Bonchev–Trinajstić information content (AvgIpc) is 2.53. The van der Waals surface area contributed by atoms with E-state index in [1.165, 1.54) is 0 Å². The van der Waals surface area contributed by atoms with Crippen LogP contribution in [0.25, 0.3) is 0 Å². The SMILES string of the molecule is COc1ccc(C(CC(C)=O)c2ccc(OC)cc2)cc1. The molecule has 0 saturated carbocycles. The van der Waals surface area contributed by atoms with Crippen LogP contribution in [0.4, 0.5) is 0 Å². The minimum atomic E-state index is 0.0549. The second kappa shape index (κ2) is 6.93. The number of methoxy groups -OCH3 is 2. The molecule has 2 aromatic carbocycles. The number of carbonyl (C=O) groups is 1. The van der Waals surface area contributed by atoms with Crippen LogP contribution in [0.3, 0.4) is 0 Å². The van der Waals surface area contributed by atoms with Crippen molar-refractivity contribution in [2.45, 2.75) is 19.3 Å². The summed E-state index contributed by atoms with van der Waals surface area (Å²) < 4.78 is 10.4. The van der Waals surface area contributed by atoms with Crippen molar-refractivity contribution in [3.63, 3.8) is 0 Å². The molecule has 0 bridgehead atoms. The van der Waals surface area contributed by atoms with Gasteiger partial charge in [-0.1, -0.05) is 24.3 Å².